The lowest BCUT2D eigenvalue weighted by Crippen LogP contribution is -2.36. The number of piperidine rings is 1. The van der Waals surface area contributed by atoms with E-state index in [1.807, 2.05) is 13.0 Å². The third-order valence-corrected chi connectivity index (χ3v) is 3.82. The van der Waals surface area contributed by atoms with Gasteiger partial charge in [0.05, 0.1) is 12.3 Å². The van der Waals surface area contributed by atoms with Gasteiger partial charge in [0, 0.05) is 18.8 Å². The molecule has 0 atom stereocenters. The van der Waals surface area contributed by atoms with Crippen molar-refractivity contribution in [1.29, 1.82) is 0 Å². The highest BCUT2D eigenvalue weighted by molar-refractivity contribution is 5.32. The Morgan fingerprint density at radius 1 is 1.33 bits per heavy atom. The van der Waals surface area contributed by atoms with Crippen LogP contribution in [-0.4, -0.2) is 28.2 Å². The van der Waals surface area contributed by atoms with Crippen LogP contribution in [-0.2, 0) is 6.61 Å². The summed E-state index contributed by atoms with van der Waals surface area (Å²) in [5.41, 5.74) is 1.64. The number of hydrogen-bond acceptors (Lipinski definition) is 4. The molecular weight excluding hydrogens is 226 g/mol. The van der Waals surface area contributed by atoms with Crippen molar-refractivity contribution >= 4 is 5.95 Å². The highest BCUT2D eigenvalue weighted by atomic mass is 16.3. The van der Waals surface area contributed by atoms with Crippen LogP contribution in [0.2, 0.25) is 0 Å². The molecule has 4 heteroatoms. The minimum absolute atomic E-state index is 0.0151. The molecule has 1 aliphatic rings. The second-order valence-corrected chi connectivity index (χ2v) is 5.53. The molecule has 0 radical (unpaired) electrons. The van der Waals surface area contributed by atoms with Crippen molar-refractivity contribution in [2.75, 3.05) is 18.0 Å². The van der Waals surface area contributed by atoms with Crippen molar-refractivity contribution < 1.29 is 5.11 Å². The first-order valence-corrected chi connectivity index (χ1v) is 6.80. The second kappa shape index (κ2) is 5.65. The van der Waals surface area contributed by atoms with Crippen LogP contribution >= 0.6 is 0 Å². The minimum Gasteiger partial charge on any atom is -0.390 e. The summed E-state index contributed by atoms with van der Waals surface area (Å²) in [6, 6.07) is 1.84. The van der Waals surface area contributed by atoms with Gasteiger partial charge < -0.3 is 10.0 Å². The first-order chi connectivity index (χ1) is 8.60. The number of aryl methyl sites for hydroxylation is 1. The summed E-state index contributed by atoms with van der Waals surface area (Å²) in [5, 5.41) is 9.19. The summed E-state index contributed by atoms with van der Waals surface area (Å²) in [4.78, 5) is 11.1. The first-order valence-electron chi connectivity index (χ1n) is 6.80. The molecule has 1 aromatic heterocycles. The fraction of sp³-hybridized carbons (Fsp3) is 0.714. The first kappa shape index (κ1) is 13.3. The van der Waals surface area contributed by atoms with E-state index in [0.717, 1.165) is 36.6 Å². The molecule has 0 amide bonds. The third kappa shape index (κ3) is 2.99. The van der Waals surface area contributed by atoms with Gasteiger partial charge in [-0.3, -0.25) is 0 Å². The maximum absolute atomic E-state index is 9.19. The van der Waals surface area contributed by atoms with Crippen LogP contribution in [0.4, 0.5) is 5.95 Å². The lowest BCUT2D eigenvalue weighted by atomic mass is 9.87. The van der Waals surface area contributed by atoms with Crippen molar-refractivity contribution in [2.45, 2.75) is 40.2 Å². The van der Waals surface area contributed by atoms with Gasteiger partial charge in [-0.25, -0.2) is 9.97 Å². The Hall–Kier alpha value is -1.16. The normalized spacial score (nSPS) is 17.5. The molecule has 0 aromatic carbocycles. The monoisotopic (exact) mass is 249 g/mol. The predicted octanol–water partition coefficient (Wildman–Crippen LogP) is 2.15. The number of rotatable bonds is 3. The number of hydrogen-bond donors (Lipinski definition) is 1. The van der Waals surface area contributed by atoms with Crippen LogP contribution in [0.15, 0.2) is 6.07 Å². The summed E-state index contributed by atoms with van der Waals surface area (Å²) in [7, 11) is 0. The molecule has 2 heterocycles. The summed E-state index contributed by atoms with van der Waals surface area (Å²) in [5.74, 6) is 2.36. The van der Waals surface area contributed by atoms with E-state index in [-0.39, 0.29) is 6.61 Å². The van der Waals surface area contributed by atoms with Gasteiger partial charge in [0.1, 0.15) is 0 Å². The Morgan fingerprint density at radius 2 is 2.00 bits per heavy atom. The number of aliphatic hydroxyl groups excluding tert-OH is 1. The number of anilines is 1. The quantitative estimate of drug-likeness (QED) is 0.891. The lowest BCUT2D eigenvalue weighted by Gasteiger charge is -2.34. The largest absolute Gasteiger partial charge is 0.390 e. The zero-order valence-electron chi connectivity index (χ0n) is 11.6. The van der Waals surface area contributed by atoms with E-state index >= 15 is 0 Å². The standard InChI is InChI=1S/C14H23N3O/c1-10(2)12-4-6-17(7-5-12)14-15-11(3)8-13(9-18)16-14/h8,10,12,18H,4-7,9H2,1-3H3. The molecule has 1 aliphatic heterocycles. The fourth-order valence-corrected chi connectivity index (χ4v) is 2.61. The van der Waals surface area contributed by atoms with Crippen LogP contribution < -0.4 is 4.90 Å². The molecule has 2 rings (SSSR count). The molecule has 0 saturated carbocycles. The van der Waals surface area contributed by atoms with Gasteiger partial charge in [0.2, 0.25) is 5.95 Å². The van der Waals surface area contributed by atoms with E-state index in [4.69, 9.17) is 0 Å². The number of nitrogens with zero attached hydrogens (tertiary/aromatic N) is 3. The topological polar surface area (TPSA) is 49.3 Å². The van der Waals surface area contributed by atoms with Gasteiger partial charge >= 0.3 is 0 Å². The average molecular weight is 249 g/mol. The molecule has 1 aromatic rings. The van der Waals surface area contributed by atoms with Crippen LogP contribution in [0.1, 0.15) is 38.1 Å². The number of aromatic nitrogens is 2. The molecule has 1 fully saturated rings. The summed E-state index contributed by atoms with van der Waals surface area (Å²) < 4.78 is 0. The van der Waals surface area contributed by atoms with Crippen molar-refractivity contribution in [1.82, 2.24) is 9.97 Å². The van der Waals surface area contributed by atoms with Gasteiger partial charge in [0.15, 0.2) is 0 Å². The Labute approximate surface area is 109 Å². The predicted molar refractivity (Wildman–Crippen MR) is 72.5 cm³/mol. The molecule has 0 aliphatic carbocycles. The van der Waals surface area contributed by atoms with Crippen molar-refractivity contribution in [3.8, 4) is 0 Å². The molecule has 18 heavy (non-hydrogen) atoms. The van der Waals surface area contributed by atoms with E-state index in [1.165, 1.54) is 12.8 Å². The summed E-state index contributed by atoms with van der Waals surface area (Å²) in [6.07, 6.45) is 2.42. The zero-order chi connectivity index (χ0) is 13.1. The van der Waals surface area contributed by atoms with Gasteiger partial charge in [-0.1, -0.05) is 13.8 Å². The van der Waals surface area contributed by atoms with Crippen molar-refractivity contribution in [3.05, 3.63) is 17.5 Å². The van der Waals surface area contributed by atoms with Gasteiger partial charge in [-0.2, -0.15) is 0 Å². The molecule has 0 spiro atoms. The van der Waals surface area contributed by atoms with Crippen LogP contribution in [0.5, 0.6) is 0 Å². The van der Waals surface area contributed by atoms with E-state index in [0.29, 0.717) is 5.69 Å². The number of aliphatic hydroxyl groups is 1. The molecule has 0 bridgehead atoms. The highest BCUT2D eigenvalue weighted by Crippen LogP contribution is 2.26. The highest BCUT2D eigenvalue weighted by Gasteiger charge is 2.23. The lowest BCUT2D eigenvalue weighted by molar-refractivity contribution is 0.276. The smallest absolute Gasteiger partial charge is 0.225 e. The van der Waals surface area contributed by atoms with Crippen LogP contribution in [0.25, 0.3) is 0 Å². The molecule has 4 nitrogen and oxygen atoms in total. The minimum atomic E-state index is -0.0151. The van der Waals surface area contributed by atoms with E-state index in [1.54, 1.807) is 0 Å². The maximum Gasteiger partial charge on any atom is 0.225 e. The van der Waals surface area contributed by atoms with E-state index in [9.17, 15) is 5.11 Å². The summed E-state index contributed by atoms with van der Waals surface area (Å²) in [6.45, 7) is 8.58. The zero-order valence-corrected chi connectivity index (χ0v) is 11.6. The third-order valence-electron chi connectivity index (χ3n) is 3.82. The van der Waals surface area contributed by atoms with E-state index in [2.05, 4.69) is 28.7 Å². The molecule has 100 valence electrons. The molecule has 1 N–H and O–H groups in total. The molecule has 1 saturated heterocycles. The molecule has 0 unspecified atom stereocenters. The molecular formula is C14H23N3O. The Morgan fingerprint density at radius 3 is 2.56 bits per heavy atom. The summed E-state index contributed by atoms with van der Waals surface area (Å²) >= 11 is 0. The maximum atomic E-state index is 9.19. The Balaban J connectivity index is 2.07. The van der Waals surface area contributed by atoms with Crippen molar-refractivity contribution in [2.24, 2.45) is 11.8 Å². The van der Waals surface area contributed by atoms with Gasteiger partial charge in [-0.15, -0.1) is 0 Å². The van der Waals surface area contributed by atoms with Gasteiger partial charge in [-0.05, 0) is 37.7 Å². The van der Waals surface area contributed by atoms with Crippen LogP contribution in [0, 0.1) is 18.8 Å². The van der Waals surface area contributed by atoms with E-state index < -0.39 is 0 Å². The van der Waals surface area contributed by atoms with Crippen molar-refractivity contribution in [3.63, 3.8) is 0 Å². The van der Waals surface area contributed by atoms with Crippen LogP contribution in [0.3, 0.4) is 0 Å². The SMILES string of the molecule is Cc1cc(CO)nc(N2CCC(C(C)C)CC2)n1. The van der Waals surface area contributed by atoms with Gasteiger partial charge in [0.25, 0.3) is 0 Å². The Kier molecular flexibility index (Phi) is 4.17. The average Bonchev–Trinajstić information content (AvgIpc) is 2.38. The Bertz CT molecular complexity index is 398. The second-order valence-electron chi connectivity index (χ2n) is 5.53. The fourth-order valence-electron chi connectivity index (χ4n) is 2.61.